The lowest BCUT2D eigenvalue weighted by molar-refractivity contribution is 0.124. The van der Waals surface area contributed by atoms with E-state index in [0.717, 1.165) is 28.9 Å². The van der Waals surface area contributed by atoms with Crippen molar-refractivity contribution in [2.24, 2.45) is 5.73 Å². The van der Waals surface area contributed by atoms with Gasteiger partial charge >= 0.3 is 0 Å². The normalized spacial score (nSPS) is 14.2. The van der Waals surface area contributed by atoms with E-state index < -0.39 is 6.10 Å². The third kappa shape index (κ3) is 3.93. The molecule has 0 fully saturated rings. The van der Waals surface area contributed by atoms with Gasteiger partial charge in [0.1, 0.15) is 5.75 Å². The van der Waals surface area contributed by atoms with Gasteiger partial charge in [0, 0.05) is 11.6 Å². The molecule has 1 rings (SSSR count). The molecule has 0 heterocycles. The van der Waals surface area contributed by atoms with Crippen molar-refractivity contribution in [2.75, 3.05) is 20.2 Å². The van der Waals surface area contributed by atoms with E-state index in [2.05, 4.69) is 11.4 Å². The molecule has 2 unspecified atom stereocenters. The van der Waals surface area contributed by atoms with Crippen LogP contribution in [0.3, 0.4) is 0 Å². The highest BCUT2D eigenvalue weighted by Gasteiger charge is 2.23. The second-order valence-electron chi connectivity index (χ2n) is 4.85. The van der Waals surface area contributed by atoms with Crippen LogP contribution in [0.4, 0.5) is 0 Å². The highest BCUT2D eigenvalue weighted by Crippen LogP contribution is 2.32. The largest absolute Gasteiger partial charge is 0.493 e. The van der Waals surface area contributed by atoms with Crippen molar-refractivity contribution in [1.82, 2.24) is 5.32 Å². The Balaban J connectivity index is 3.15. The smallest absolute Gasteiger partial charge is 0.128 e. The first-order chi connectivity index (χ1) is 9.04. The van der Waals surface area contributed by atoms with Crippen LogP contribution in [0.1, 0.15) is 36.1 Å². The average molecular weight is 266 g/mol. The highest BCUT2D eigenvalue weighted by molar-refractivity contribution is 5.45. The Labute approximate surface area is 116 Å². The van der Waals surface area contributed by atoms with E-state index in [1.54, 1.807) is 0 Å². The minimum atomic E-state index is -0.617. The lowest BCUT2D eigenvalue weighted by Crippen LogP contribution is -2.34. The molecular formula is C15H26N2O2. The summed E-state index contributed by atoms with van der Waals surface area (Å²) in [6.07, 6.45) is 0.102. The molecule has 0 radical (unpaired) electrons. The summed E-state index contributed by atoms with van der Waals surface area (Å²) in [5.41, 5.74) is 8.61. The van der Waals surface area contributed by atoms with Gasteiger partial charge in [0.05, 0.1) is 12.7 Å². The number of ether oxygens (including phenoxy) is 1. The number of nitrogens with one attached hydrogen (secondary N) is 1. The SMILES string of the molecule is CCOc1c(C)cc(C)cc1C(O)C(CCN)NC. The van der Waals surface area contributed by atoms with Gasteiger partial charge in [-0.25, -0.2) is 0 Å². The molecule has 1 aromatic rings. The van der Waals surface area contributed by atoms with Gasteiger partial charge in [0.15, 0.2) is 0 Å². The number of aliphatic hydroxyl groups excluding tert-OH is 1. The van der Waals surface area contributed by atoms with Gasteiger partial charge < -0.3 is 20.9 Å². The third-order valence-corrected chi connectivity index (χ3v) is 3.28. The summed E-state index contributed by atoms with van der Waals surface area (Å²) in [7, 11) is 1.84. The zero-order chi connectivity index (χ0) is 14.4. The summed E-state index contributed by atoms with van der Waals surface area (Å²) in [5, 5.41) is 13.7. The second-order valence-corrected chi connectivity index (χ2v) is 4.85. The summed E-state index contributed by atoms with van der Waals surface area (Å²) in [6.45, 7) is 7.11. The van der Waals surface area contributed by atoms with E-state index in [9.17, 15) is 5.11 Å². The van der Waals surface area contributed by atoms with Crippen LogP contribution >= 0.6 is 0 Å². The fourth-order valence-corrected chi connectivity index (χ4v) is 2.40. The molecule has 108 valence electrons. The molecule has 0 saturated carbocycles. The summed E-state index contributed by atoms with van der Waals surface area (Å²) in [4.78, 5) is 0. The quantitative estimate of drug-likeness (QED) is 0.702. The molecule has 0 amide bonds. The molecule has 4 N–H and O–H groups in total. The molecule has 4 heteroatoms. The van der Waals surface area contributed by atoms with Gasteiger partial charge in [0.2, 0.25) is 0 Å². The number of hydrogen-bond acceptors (Lipinski definition) is 4. The molecule has 0 aliphatic carbocycles. The van der Waals surface area contributed by atoms with Crippen LogP contribution in [-0.2, 0) is 0 Å². The first-order valence-corrected chi connectivity index (χ1v) is 6.84. The second kappa shape index (κ2) is 7.48. The van der Waals surface area contributed by atoms with E-state index in [0.29, 0.717) is 13.2 Å². The molecular weight excluding hydrogens is 240 g/mol. The Bertz CT molecular complexity index is 407. The maximum Gasteiger partial charge on any atom is 0.128 e. The van der Waals surface area contributed by atoms with Crippen molar-refractivity contribution >= 4 is 0 Å². The number of benzene rings is 1. The van der Waals surface area contributed by atoms with Crippen molar-refractivity contribution in [3.05, 3.63) is 28.8 Å². The van der Waals surface area contributed by atoms with Crippen molar-refractivity contribution in [3.63, 3.8) is 0 Å². The Morgan fingerprint density at radius 1 is 1.37 bits per heavy atom. The zero-order valence-electron chi connectivity index (χ0n) is 12.4. The fourth-order valence-electron chi connectivity index (χ4n) is 2.40. The topological polar surface area (TPSA) is 67.5 Å². The number of rotatable bonds is 7. The fraction of sp³-hybridized carbons (Fsp3) is 0.600. The van der Waals surface area contributed by atoms with Gasteiger partial charge in [-0.2, -0.15) is 0 Å². The van der Waals surface area contributed by atoms with Crippen LogP contribution in [0.2, 0.25) is 0 Å². The van der Waals surface area contributed by atoms with Crippen LogP contribution in [0, 0.1) is 13.8 Å². The van der Waals surface area contributed by atoms with E-state index in [1.807, 2.05) is 33.9 Å². The summed E-state index contributed by atoms with van der Waals surface area (Å²) in [5.74, 6) is 0.790. The van der Waals surface area contributed by atoms with Crippen molar-refractivity contribution in [1.29, 1.82) is 0 Å². The minimum Gasteiger partial charge on any atom is -0.493 e. The van der Waals surface area contributed by atoms with Crippen LogP contribution < -0.4 is 15.8 Å². The van der Waals surface area contributed by atoms with Gasteiger partial charge in [-0.15, -0.1) is 0 Å². The average Bonchev–Trinajstić information content (AvgIpc) is 2.38. The summed E-state index contributed by atoms with van der Waals surface area (Å²) < 4.78 is 5.70. The van der Waals surface area contributed by atoms with Crippen molar-refractivity contribution < 1.29 is 9.84 Å². The Morgan fingerprint density at radius 3 is 2.58 bits per heavy atom. The number of nitrogens with two attached hydrogens (primary N) is 1. The van der Waals surface area contributed by atoms with Gasteiger partial charge in [-0.1, -0.05) is 11.6 Å². The van der Waals surface area contributed by atoms with Crippen LogP contribution in [0.15, 0.2) is 12.1 Å². The summed E-state index contributed by atoms with van der Waals surface area (Å²) in [6, 6.07) is 3.99. The van der Waals surface area contributed by atoms with Gasteiger partial charge in [0.25, 0.3) is 0 Å². The Hall–Kier alpha value is -1.10. The van der Waals surface area contributed by atoms with E-state index in [4.69, 9.17) is 10.5 Å². The predicted molar refractivity (Wildman–Crippen MR) is 78.6 cm³/mol. The maximum absolute atomic E-state index is 10.6. The Kier molecular flexibility index (Phi) is 6.28. The first-order valence-electron chi connectivity index (χ1n) is 6.84. The molecule has 0 bridgehead atoms. The molecule has 2 atom stereocenters. The van der Waals surface area contributed by atoms with E-state index in [-0.39, 0.29) is 6.04 Å². The molecule has 0 aliphatic rings. The zero-order valence-corrected chi connectivity index (χ0v) is 12.4. The monoisotopic (exact) mass is 266 g/mol. The molecule has 19 heavy (non-hydrogen) atoms. The maximum atomic E-state index is 10.6. The number of aryl methyl sites for hydroxylation is 2. The van der Waals surface area contributed by atoms with E-state index >= 15 is 0 Å². The minimum absolute atomic E-state index is 0.0644. The molecule has 1 aromatic carbocycles. The van der Waals surface area contributed by atoms with Crippen LogP contribution in [0.25, 0.3) is 0 Å². The third-order valence-electron chi connectivity index (χ3n) is 3.28. The van der Waals surface area contributed by atoms with Crippen molar-refractivity contribution in [2.45, 2.75) is 39.3 Å². The molecule has 0 aliphatic heterocycles. The molecule has 4 nitrogen and oxygen atoms in total. The first kappa shape index (κ1) is 16.0. The highest BCUT2D eigenvalue weighted by atomic mass is 16.5. The lowest BCUT2D eigenvalue weighted by atomic mass is 9.95. The lowest BCUT2D eigenvalue weighted by Gasteiger charge is -2.25. The standard InChI is InChI=1S/C15H26N2O2/c1-5-19-15-11(3)8-10(2)9-12(15)14(18)13(17-4)6-7-16/h8-9,13-14,17-18H,5-7,16H2,1-4H3. The van der Waals surface area contributed by atoms with Crippen LogP contribution in [-0.4, -0.2) is 31.3 Å². The predicted octanol–water partition coefficient (Wildman–Crippen LogP) is 1.67. The number of likely N-dealkylation sites (N-methyl/N-ethyl adjacent to an activating group) is 1. The van der Waals surface area contributed by atoms with Gasteiger partial charge in [-0.05, 0) is 52.4 Å². The molecule has 0 spiro atoms. The number of aliphatic hydroxyl groups is 1. The Morgan fingerprint density at radius 2 is 2.05 bits per heavy atom. The van der Waals surface area contributed by atoms with E-state index in [1.165, 1.54) is 0 Å². The number of hydrogen-bond donors (Lipinski definition) is 3. The van der Waals surface area contributed by atoms with Crippen molar-refractivity contribution in [3.8, 4) is 5.75 Å². The molecule has 0 aromatic heterocycles. The molecule has 0 saturated heterocycles. The van der Waals surface area contributed by atoms with Crippen LogP contribution in [0.5, 0.6) is 5.75 Å². The summed E-state index contributed by atoms with van der Waals surface area (Å²) >= 11 is 0. The van der Waals surface area contributed by atoms with Gasteiger partial charge in [-0.3, -0.25) is 0 Å².